The van der Waals surface area contributed by atoms with Crippen LogP contribution in [-0.2, 0) is 0 Å². The van der Waals surface area contributed by atoms with Crippen LogP contribution in [0.3, 0.4) is 0 Å². The van der Waals surface area contributed by atoms with Crippen molar-refractivity contribution in [3.63, 3.8) is 0 Å². The van der Waals surface area contributed by atoms with E-state index < -0.39 is 11.7 Å². The smallest absolute Gasteiger partial charge is 0.258 e. The third-order valence-electron chi connectivity index (χ3n) is 4.02. The lowest BCUT2D eigenvalue weighted by Gasteiger charge is -2.11. The Bertz CT molecular complexity index is 788. The van der Waals surface area contributed by atoms with Gasteiger partial charge in [0.2, 0.25) is 0 Å². The van der Waals surface area contributed by atoms with Crippen LogP contribution in [-0.4, -0.2) is 12.5 Å². The second kappa shape index (κ2) is 6.78. The van der Waals surface area contributed by atoms with E-state index in [1.54, 1.807) is 31.2 Å². The summed E-state index contributed by atoms with van der Waals surface area (Å²) in [4.78, 5) is 23.0. The lowest BCUT2D eigenvalue weighted by molar-refractivity contribution is 0.102. The van der Waals surface area contributed by atoms with Crippen molar-refractivity contribution >= 4 is 17.3 Å². The molecule has 0 bridgehead atoms. The Kier molecular flexibility index (Phi) is 4.55. The molecule has 124 valence electrons. The molecule has 6 heteroatoms. The van der Waals surface area contributed by atoms with Crippen LogP contribution >= 0.6 is 0 Å². The van der Waals surface area contributed by atoms with Crippen LogP contribution in [0.5, 0.6) is 5.75 Å². The topological polar surface area (TPSA) is 67.8 Å². The van der Waals surface area contributed by atoms with Gasteiger partial charge in [-0.2, -0.15) is 0 Å². The molecule has 1 N–H and O–H groups in total. The van der Waals surface area contributed by atoms with E-state index in [0.29, 0.717) is 29.5 Å². The zero-order valence-electron chi connectivity index (χ0n) is 13.2. The van der Waals surface area contributed by atoms with Crippen molar-refractivity contribution in [3.05, 3.63) is 58.2 Å². The largest absolute Gasteiger partial charge is 0.493 e. The molecule has 1 aliphatic carbocycles. The summed E-state index contributed by atoms with van der Waals surface area (Å²) in [6, 6.07) is 8.97. The minimum Gasteiger partial charge on any atom is -0.493 e. The van der Waals surface area contributed by atoms with Gasteiger partial charge in [-0.1, -0.05) is 6.07 Å². The summed E-state index contributed by atoms with van der Waals surface area (Å²) in [5.41, 5.74) is 1.10. The fraction of sp³-hybridized carbons (Fsp3) is 0.278. The molecule has 0 atom stereocenters. The molecule has 5 nitrogen and oxygen atoms in total. The molecule has 2 aromatic carbocycles. The van der Waals surface area contributed by atoms with Gasteiger partial charge in [0, 0.05) is 17.3 Å². The summed E-state index contributed by atoms with van der Waals surface area (Å²) in [6.45, 7) is 2.24. The molecule has 0 unspecified atom stereocenters. The van der Waals surface area contributed by atoms with E-state index in [1.807, 2.05) is 0 Å². The van der Waals surface area contributed by atoms with E-state index in [2.05, 4.69) is 10.5 Å². The van der Waals surface area contributed by atoms with Gasteiger partial charge in [0.15, 0.2) is 0 Å². The molecule has 1 saturated carbocycles. The number of hydrogen-bond donors (Lipinski definition) is 1. The number of anilines is 1. The predicted octanol–water partition coefficient (Wildman–Crippen LogP) is 4.57. The molecule has 0 aromatic heterocycles. The van der Waals surface area contributed by atoms with Gasteiger partial charge in [-0.3, -0.25) is 4.79 Å². The summed E-state index contributed by atoms with van der Waals surface area (Å²) < 4.78 is 19.7. The Morgan fingerprint density at radius 1 is 1.33 bits per heavy atom. The van der Waals surface area contributed by atoms with E-state index in [1.165, 1.54) is 12.1 Å². The Morgan fingerprint density at radius 3 is 2.79 bits per heavy atom. The van der Waals surface area contributed by atoms with E-state index >= 15 is 0 Å². The molecule has 24 heavy (non-hydrogen) atoms. The van der Waals surface area contributed by atoms with Crippen LogP contribution < -0.4 is 10.1 Å². The molecule has 1 aliphatic rings. The second-order valence-electron chi connectivity index (χ2n) is 5.89. The quantitative estimate of drug-likeness (QED) is 0.790. The first-order valence-corrected chi connectivity index (χ1v) is 7.75. The summed E-state index contributed by atoms with van der Waals surface area (Å²) in [7, 11) is 0. The monoisotopic (exact) mass is 328 g/mol. The number of carbonyl (C=O) groups excluding carboxylic acids is 1. The average Bonchev–Trinajstić information content (AvgIpc) is 3.39. The zero-order valence-corrected chi connectivity index (χ0v) is 13.2. The third-order valence-corrected chi connectivity index (χ3v) is 4.02. The molecular formula is C18H17FN2O3. The van der Waals surface area contributed by atoms with Gasteiger partial charge < -0.3 is 10.1 Å². The summed E-state index contributed by atoms with van der Waals surface area (Å²) in [5.74, 6) is -0.257. The number of nitrogens with zero attached hydrogens (tertiary/aromatic N) is 1. The first kappa shape index (κ1) is 16.1. The third kappa shape index (κ3) is 3.59. The molecular weight excluding hydrogens is 311 g/mol. The number of halogens is 1. The number of benzene rings is 2. The minimum atomic E-state index is -0.650. The van der Waals surface area contributed by atoms with Gasteiger partial charge in [0.05, 0.1) is 12.2 Å². The van der Waals surface area contributed by atoms with Gasteiger partial charge in [0.25, 0.3) is 5.91 Å². The van der Waals surface area contributed by atoms with Gasteiger partial charge >= 0.3 is 0 Å². The molecule has 3 rings (SSSR count). The fourth-order valence-electron chi connectivity index (χ4n) is 2.32. The van der Waals surface area contributed by atoms with Crippen molar-refractivity contribution in [2.75, 3.05) is 11.9 Å². The second-order valence-corrected chi connectivity index (χ2v) is 5.89. The number of nitrogens with one attached hydrogen (secondary N) is 1. The van der Waals surface area contributed by atoms with Gasteiger partial charge in [-0.15, -0.1) is 4.91 Å². The normalized spacial score (nSPS) is 13.4. The summed E-state index contributed by atoms with van der Waals surface area (Å²) in [5, 5.41) is 5.49. The summed E-state index contributed by atoms with van der Waals surface area (Å²) >= 11 is 0. The Hall–Kier alpha value is -2.76. The van der Waals surface area contributed by atoms with Crippen molar-refractivity contribution in [2.24, 2.45) is 11.1 Å². The lowest BCUT2D eigenvalue weighted by Crippen LogP contribution is -2.14. The maximum Gasteiger partial charge on any atom is 0.258 e. The Morgan fingerprint density at radius 2 is 2.12 bits per heavy atom. The van der Waals surface area contributed by atoms with Crippen LogP contribution in [0.2, 0.25) is 0 Å². The van der Waals surface area contributed by atoms with Gasteiger partial charge in [-0.25, -0.2) is 4.39 Å². The highest BCUT2D eigenvalue weighted by atomic mass is 19.1. The number of rotatable bonds is 6. The fourth-order valence-corrected chi connectivity index (χ4v) is 2.32. The summed E-state index contributed by atoms with van der Waals surface area (Å²) in [6.07, 6.45) is 2.30. The molecule has 0 heterocycles. The van der Waals surface area contributed by atoms with Crippen molar-refractivity contribution in [2.45, 2.75) is 19.8 Å². The van der Waals surface area contributed by atoms with Gasteiger partial charge in [-0.05, 0) is 55.1 Å². The molecule has 0 aliphatic heterocycles. The Labute approximate surface area is 138 Å². The molecule has 1 amide bonds. The van der Waals surface area contributed by atoms with Crippen molar-refractivity contribution in [3.8, 4) is 5.75 Å². The van der Waals surface area contributed by atoms with E-state index in [4.69, 9.17) is 4.74 Å². The molecule has 0 radical (unpaired) electrons. The maximum absolute atomic E-state index is 14.2. The molecule has 0 saturated heterocycles. The van der Waals surface area contributed by atoms with E-state index in [-0.39, 0.29) is 11.3 Å². The van der Waals surface area contributed by atoms with Crippen molar-refractivity contribution < 1.29 is 13.9 Å². The lowest BCUT2D eigenvalue weighted by atomic mass is 10.1. The first-order chi connectivity index (χ1) is 11.6. The first-order valence-electron chi connectivity index (χ1n) is 7.75. The number of carbonyl (C=O) groups is 1. The average molecular weight is 328 g/mol. The molecule has 1 fully saturated rings. The highest BCUT2D eigenvalue weighted by Crippen LogP contribution is 2.30. The highest BCUT2D eigenvalue weighted by Gasteiger charge is 2.22. The molecule has 2 aromatic rings. The highest BCUT2D eigenvalue weighted by molar-refractivity contribution is 6.05. The maximum atomic E-state index is 14.2. The Balaban J connectivity index is 1.73. The molecule has 0 spiro atoms. The zero-order chi connectivity index (χ0) is 17.1. The van der Waals surface area contributed by atoms with Crippen molar-refractivity contribution in [1.82, 2.24) is 0 Å². The van der Waals surface area contributed by atoms with E-state index in [9.17, 15) is 14.1 Å². The van der Waals surface area contributed by atoms with Crippen LogP contribution in [0.15, 0.2) is 41.6 Å². The predicted molar refractivity (Wildman–Crippen MR) is 89.2 cm³/mol. The van der Waals surface area contributed by atoms with Crippen LogP contribution in [0, 0.1) is 23.6 Å². The number of ether oxygens (including phenoxy) is 1. The van der Waals surface area contributed by atoms with Crippen molar-refractivity contribution in [1.29, 1.82) is 0 Å². The number of amides is 1. The van der Waals surface area contributed by atoms with Crippen LogP contribution in [0.1, 0.15) is 28.8 Å². The van der Waals surface area contributed by atoms with E-state index in [0.717, 1.165) is 12.8 Å². The van der Waals surface area contributed by atoms with Gasteiger partial charge in [0.1, 0.15) is 17.3 Å². The standard InChI is InChI=1S/C18H17FN2O3/c1-11-16(3-2-4-17(11)21-23)20-18(22)14-8-7-13(9-15(14)19)24-10-12-5-6-12/h2-4,7-9,12H,5-6,10H2,1H3,(H,20,22). The van der Waals surface area contributed by atoms with Crippen LogP contribution in [0.25, 0.3) is 0 Å². The SMILES string of the molecule is Cc1c(N=O)cccc1NC(=O)c1ccc(OCC2CC2)cc1F. The number of hydrogen-bond acceptors (Lipinski definition) is 4. The van der Waals surface area contributed by atoms with Crippen LogP contribution in [0.4, 0.5) is 15.8 Å². The number of nitroso groups, excluding NO2 is 1. The minimum absolute atomic E-state index is 0.0855.